The summed E-state index contributed by atoms with van der Waals surface area (Å²) in [6, 6.07) is 43.1. The fraction of sp³-hybridized carbons (Fsp3) is 0.143. The molecule has 0 amide bonds. The van der Waals surface area contributed by atoms with Gasteiger partial charge in [0.05, 0.1) is 22.8 Å². The van der Waals surface area contributed by atoms with Crippen molar-refractivity contribution in [3.63, 3.8) is 0 Å². The first kappa shape index (κ1) is 37.7. The fourth-order valence-corrected chi connectivity index (χ4v) is 6.24. The zero-order valence-electron chi connectivity index (χ0n) is 28.7. The summed E-state index contributed by atoms with van der Waals surface area (Å²) in [5, 5.41) is 14.4. The van der Waals surface area contributed by atoms with Crippen LogP contribution in [0.2, 0.25) is 0 Å². The summed E-state index contributed by atoms with van der Waals surface area (Å²) in [5.41, 5.74) is 7.69. The number of phenolic OH excluding ortho intramolecular Hbond substituents is 1. The quantitative estimate of drug-likeness (QED) is 0.119. The molecule has 0 aliphatic carbocycles. The van der Waals surface area contributed by atoms with E-state index in [1.165, 1.54) is 10.8 Å². The number of aromatic nitrogens is 4. The van der Waals surface area contributed by atoms with Crippen LogP contribution < -0.4 is 0 Å². The van der Waals surface area contributed by atoms with Gasteiger partial charge in [-0.1, -0.05) is 60.7 Å². The van der Waals surface area contributed by atoms with Crippen molar-refractivity contribution in [3.8, 4) is 16.9 Å². The molecule has 7 nitrogen and oxygen atoms in total. The molecule has 1 N–H and O–H groups in total. The number of benzene rings is 3. The van der Waals surface area contributed by atoms with Crippen LogP contribution in [0.1, 0.15) is 33.9 Å². The van der Waals surface area contributed by atoms with E-state index in [-0.39, 0.29) is 39.0 Å². The van der Waals surface area contributed by atoms with Gasteiger partial charge in [-0.15, -0.1) is 0 Å². The van der Waals surface area contributed by atoms with Crippen molar-refractivity contribution in [2.24, 2.45) is 0 Å². The molecular weight excluding hydrogens is 735 g/mol. The molecule has 0 saturated carbocycles. The summed E-state index contributed by atoms with van der Waals surface area (Å²) >= 11 is 0. The third-order valence-corrected chi connectivity index (χ3v) is 8.59. The van der Waals surface area contributed by atoms with Crippen LogP contribution in [0.5, 0.6) is 5.75 Å². The molecule has 0 aliphatic rings. The van der Waals surface area contributed by atoms with Crippen LogP contribution in [0.4, 0.5) is 0 Å². The van der Waals surface area contributed by atoms with Gasteiger partial charge in [-0.2, -0.15) is 0 Å². The summed E-state index contributed by atoms with van der Waals surface area (Å²) in [4.78, 5) is 23.0. The van der Waals surface area contributed by atoms with Crippen LogP contribution in [0.3, 0.4) is 0 Å². The van der Waals surface area contributed by atoms with Crippen molar-refractivity contribution in [3.05, 3.63) is 186 Å². The molecule has 242 valence electrons. The number of hydrogen-bond acceptors (Lipinski definition) is 7. The Kier molecular flexibility index (Phi) is 13.8. The molecular formula is C42H38N6OZn2+4. The summed E-state index contributed by atoms with van der Waals surface area (Å²) in [5.74, 6) is 0.295. The average Bonchev–Trinajstić information content (AvgIpc) is 3.14. The topological polar surface area (TPSA) is 78.3 Å². The molecule has 7 rings (SSSR count). The smallest absolute Gasteiger partial charge is 0.507 e. The first-order valence-corrected chi connectivity index (χ1v) is 16.5. The summed E-state index contributed by atoms with van der Waals surface area (Å²) < 4.78 is 0. The van der Waals surface area contributed by atoms with Crippen molar-refractivity contribution in [1.82, 2.24) is 29.7 Å². The van der Waals surface area contributed by atoms with Gasteiger partial charge in [0.25, 0.3) is 0 Å². The summed E-state index contributed by atoms with van der Waals surface area (Å²) in [6.07, 6.45) is 7.29. The minimum absolute atomic E-state index is 0. The Morgan fingerprint density at radius 1 is 0.392 bits per heavy atom. The molecule has 0 spiro atoms. The van der Waals surface area contributed by atoms with Gasteiger partial charge < -0.3 is 5.11 Å². The molecule has 0 fully saturated rings. The van der Waals surface area contributed by atoms with Gasteiger partial charge in [0, 0.05) is 75.2 Å². The molecule has 0 bridgehead atoms. The second-order valence-corrected chi connectivity index (χ2v) is 12.3. The van der Waals surface area contributed by atoms with Crippen LogP contribution in [0, 0.1) is 0 Å². The molecule has 0 aliphatic heterocycles. The predicted octanol–water partition coefficient (Wildman–Crippen LogP) is 8.19. The van der Waals surface area contributed by atoms with Crippen molar-refractivity contribution in [2.45, 2.75) is 39.3 Å². The molecule has 0 saturated heterocycles. The minimum Gasteiger partial charge on any atom is -0.507 e. The third-order valence-electron chi connectivity index (χ3n) is 8.59. The van der Waals surface area contributed by atoms with E-state index in [0.717, 1.165) is 45.0 Å². The molecule has 0 atom stereocenters. The van der Waals surface area contributed by atoms with Crippen LogP contribution >= 0.6 is 0 Å². The van der Waals surface area contributed by atoms with Gasteiger partial charge in [0.15, 0.2) is 0 Å². The first-order chi connectivity index (χ1) is 24.2. The second kappa shape index (κ2) is 18.6. The Labute approximate surface area is 325 Å². The number of phenols is 1. The maximum absolute atomic E-state index is 12.1. The summed E-state index contributed by atoms with van der Waals surface area (Å²) in [6.45, 7) is 3.45. The number of rotatable bonds is 13. The number of hydrogen-bond donors (Lipinski definition) is 1. The Bertz CT molecular complexity index is 1910. The van der Waals surface area contributed by atoms with Gasteiger partial charge in [-0.25, -0.2) is 0 Å². The van der Waals surface area contributed by atoms with E-state index in [2.05, 4.69) is 84.3 Å². The maximum atomic E-state index is 12.1. The zero-order chi connectivity index (χ0) is 33.3. The third kappa shape index (κ3) is 10.3. The molecule has 9 heteroatoms. The molecule has 4 aromatic heterocycles. The van der Waals surface area contributed by atoms with Crippen molar-refractivity contribution in [2.75, 3.05) is 0 Å². The van der Waals surface area contributed by atoms with Gasteiger partial charge >= 0.3 is 39.0 Å². The first-order valence-electron chi connectivity index (χ1n) is 16.5. The normalized spacial score (nSPS) is 10.9. The van der Waals surface area contributed by atoms with E-state index in [9.17, 15) is 5.11 Å². The van der Waals surface area contributed by atoms with Crippen molar-refractivity contribution in [1.29, 1.82) is 0 Å². The van der Waals surface area contributed by atoms with Crippen LogP contribution in [-0.4, -0.2) is 34.8 Å². The molecule has 0 radical (unpaired) electrons. The largest absolute Gasteiger partial charge is 2.00 e. The minimum atomic E-state index is 0. The number of fused-ring (bicyclic) bond motifs is 1. The van der Waals surface area contributed by atoms with Crippen LogP contribution in [0.15, 0.2) is 152 Å². The SMILES string of the molecule is Oc1c(CN(Cc2ccccn2)Cc2ccccn2)cc(-c2ccc3ccccc3c2)cc1CN(Cc1ccccn1)Cc1ccccn1.[Zn+2].[Zn+2]. The summed E-state index contributed by atoms with van der Waals surface area (Å²) in [7, 11) is 0. The van der Waals surface area contributed by atoms with E-state index in [1.54, 1.807) is 0 Å². The van der Waals surface area contributed by atoms with E-state index in [1.807, 2.05) is 97.6 Å². The molecule has 51 heavy (non-hydrogen) atoms. The Morgan fingerprint density at radius 2 is 0.784 bits per heavy atom. The van der Waals surface area contributed by atoms with Gasteiger partial charge in [0.2, 0.25) is 0 Å². The maximum Gasteiger partial charge on any atom is 2.00 e. The molecule has 0 unspecified atom stereocenters. The fourth-order valence-electron chi connectivity index (χ4n) is 6.24. The Balaban J connectivity index is 0.00000252. The second-order valence-electron chi connectivity index (χ2n) is 12.3. The van der Waals surface area contributed by atoms with Gasteiger partial charge in [-0.3, -0.25) is 29.7 Å². The van der Waals surface area contributed by atoms with Crippen molar-refractivity contribution < 1.29 is 44.1 Å². The van der Waals surface area contributed by atoms with Crippen molar-refractivity contribution >= 4 is 10.8 Å². The zero-order valence-corrected chi connectivity index (χ0v) is 34.7. The standard InChI is InChI=1S/C42H38N6O.2Zn/c49-42-36(26-47(28-38-13-3-7-19-43-38)29-39-14-4-8-20-44-39)24-35(34-18-17-32-11-1-2-12-33(32)23-34)25-37(42)27-48(30-40-15-5-9-21-45-40)31-41-16-6-10-22-46-41;;/h1-25,49H,26-31H2;;/q;2*+2. The van der Waals surface area contributed by atoms with Gasteiger partial charge in [-0.05, 0) is 88.6 Å². The van der Waals surface area contributed by atoms with Gasteiger partial charge in [0.1, 0.15) is 5.75 Å². The van der Waals surface area contributed by atoms with Crippen LogP contribution in [0.25, 0.3) is 21.9 Å². The van der Waals surface area contributed by atoms with E-state index >= 15 is 0 Å². The predicted molar refractivity (Wildman–Crippen MR) is 194 cm³/mol. The Hall–Kier alpha value is -4.51. The monoisotopic (exact) mass is 770 g/mol. The average molecular weight is 774 g/mol. The Morgan fingerprint density at radius 3 is 1.18 bits per heavy atom. The number of nitrogens with zero attached hydrogens (tertiary/aromatic N) is 6. The number of pyridine rings is 4. The molecule has 3 aromatic carbocycles. The van der Waals surface area contributed by atoms with E-state index in [0.29, 0.717) is 45.0 Å². The van der Waals surface area contributed by atoms with E-state index < -0.39 is 0 Å². The van der Waals surface area contributed by atoms with Crippen LogP contribution in [-0.2, 0) is 78.2 Å². The molecule has 7 aromatic rings. The number of aromatic hydroxyl groups is 1. The molecule has 4 heterocycles. The van der Waals surface area contributed by atoms with E-state index in [4.69, 9.17) is 0 Å².